The number of carboxylic acids is 1. The van der Waals surface area contributed by atoms with Crippen LogP contribution >= 0.6 is 27.3 Å². The summed E-state index contributed by atoms with van der Waals surface area (Å²) in [5.74, 6) is -1.88. The number of imidazole rings is 1. The summed E-state index contributed by atoms with van der Waals surface area (Å²) in [6.45, 7) is 0. The summed E-state index contributed by atoms with van der Waals surface area (Å²) in [5, 5.41) is 11.2. The van der Waals surface area contributed by atoms with Gasteiger partial charge in [0, 0.05) is 21.6 Å². The summed E-state index contributed by atoms with van der Waals surface area (Å²) in [5.41, 5.74) is 2.80. The van der Waals surface area contributed by atoms with Crippen molar-refractivity contribution in [2.75, 3.05) is 0 Å². The van der Waals surface area contributed by atoms with Gasteiger partial charge in [-0.1, -0.05) is 0 Å². The Balaban J connectivity index is 0.000000217. The highest BCUT2D eigenvalue weighted by atomic mass is 79.9. The first-order valence-corrected chi connectivity index (χ1v) is 7.35. The van der Waals surface area contributed by atoms with Crippen molar-refractivity contribution >= 4 is 44.4 Å². The Morgan fingerprint density at radius 2 is 2.09 bits per heavy atom. The van der Waals surface area contributed by atoms with Crippen LogP contribution in [0, 0.1) is 0 Å². The highest BCUT2D eigenvalue weighted by Crippen LogP contribution is 2.22. The van der Waals surface area contributed by atoms with Crippen LogP contribution < -0.4 is 0 Å². The first-order chi connectivity index (χ1) is 10.3. The third-order valence-electron chi connectivity index (χ3n) is 2.34. The van der Waals surface area contributed by atoms with Crippen molar-refractivity contribution in [1.82, 2.24) is 15.0 Å². The molecular formula is C12H7BrF3N3O2S. The van der Waals surface area contributed by atoms with Crippen LogP contribution in [0.25, 0.3) is 22.6 Å². The van der Waals surface area contributed by atoms with Crippen molar-refractivity contribution in [3.05, 3.63) is 33.6 Å². The van der Waals surface area contributed by atoms with Gasteiger partial charge in [0.1, 0.15) is 5.82 Å². The molecule has 5 nitrogen and oxygen atoms in total. The molecule has 0 radical (unpaired) electrons. The predicted molar refractivity (Wildman–Crippen MR) is 78.6 cm³/mol. The van der Waals surface area contributed by atoms with E-state index in [1.165, 1.54) is 0 Å². The molecule has 0 saturated heterocycles. The maximum Gasteiger partial charge on any atom is 0.490 e. The number of hydrogen-bond donors (Lipinski definition) is 2. The first kappa shape index (κ1) is 16.4. The van der Waals surface area contributed by atoms with Gasteiger partial charge in [0.15, 0.2) is 5.65 Å². The number of hydrogen-bond acceptors (Lipinski definition) is 4. The lowest BCUT2D eigenvalue weighted by molar-refractivity contribution is -0.192. The minimum atomic E-state index is -5.08. The molecular weight excluding hydrogens is 387 g/mol. The summed E-state index contributed by atoms with van der Waals surface area (Å²) in [4.78, 5) is 20.8. The SMILES string of the molecule is Brc1cnc2nc(-c3ccsc3)[nH]c2c1.O=C(O)C(F)(F)F. The number of rotatable bonds is 1. The van der Waals surface area contributed by atoms with Crippen LogP contribution in [0.2, 0.25) is 0 Å². The second-order valence-corrected chi connectivity index (χ2v) is 5.62. The Morgan fingerprint density at radius 3 is 2.64 bits per heavy atom. The fraction of sp³-hybridized carbons (Fsp3) is 0.0833. The topological polar surface area (TPSA) is 78.9 Å². The van der Waals surface area contributed by atoms with Crippen LogP contribution in [0.15, 0.2) is 33.6 Å². The second-order valence-electron chi connectivity index (χ2n) is 3.93. The van der Waals surface area contributed by atoms with Gasteiger partial charge >= 0.3 is 12.1 Å². The number of fused-ring (bicyclic) bond motifs is 1. The first-order valence-electron chi connectivity index (χ1n) is 5.61. The van der Waals surface area contributed by atoms with Gasteiger partial charge in [-0.25, -0.2) is 14.8 Å². The van der Waals surface area contributed by atoms with Gasteiger partial charge in [-0.15, -0.1) is 0 Å². The monoisotopic (exact) mass is 393 g/mol. The third-order valence-corrected chi connectivity index (χ3v) is 3.46. The summed E-state index contributed by atoms with van der Waals surface area (Å²) >= 11 is 5.04. The number of nitrogens with one attached hydrogen (secondary N) is 1. The molecule has 0 saturated carbocycles. The number of H-pyrrole nitrogens is 1. The Morgan fingerprint density at radius 1 is 1.41 bits per heavy atom. The van der Waals surface area contributed by atoms with E-state index in [1.54, 1.807) is 17.5 Å². The summed E-state index contributed by atoms with van der Waals surface area (Å²) < 4.78 is 32.7. The largest absolute Gasteiger partial charge is 0.490 e. The van der Waals surface area contributed by atoms with E-state index in [-0.39, 0.29) is 0 Å². The van der Waals surface area contributed by atoms with Crippen LogP contribution in [0.1, 0.15) is 0 Å². The van der Waals surface area contributed by atoms with Gasteiger partial charge in [-0.3, -0.25) is 0 Å². The minimum Gasteiger partial charge on any atom is -0.475 e. The molecule has 22 heavy (non-hydrogen) atoms. The number of halogens is 4. The van der Waals surface area contributed by atoms with Gasteiger partial charge in [0.2, 0.25) is 0 Å². The van der Waals surface area contributed by atoms with Gasteiger partial charge in [0.25, 0.3) is 0 Å². The zero-order chi connectivity index (χ0) is 16.3. The fourth-order valence-electron chi connectivity index (χ4n) is 1.41. The van der Waals surface area contributed by atoms with Gasteiger partial charge in [0.05, 0.1) is 5.52 Å². The molecule has 0 aliphatic carbocycles. The Hall–Kier alpha value is -1.94. The highest BCUT2D eigenvalue weighted by Gasteiger charge is 2.38. The molecule has 3 heterocycles. The highest BCUT2D eigenvalue weighted by molar-refractivity contribution is 9.10. The van der Waals surface area contributed by atoms with E-state index in [2.05, 4.69) is 36.3 Å². The molecule has 3 aromatic heterocycles. The van der Waals surface area contributed by atoms with E-state index in [9.17, 15) is 13.2 Å². The number of alkyl halides is 3. The standard InChI is InChI=1S/C10H6BrN3S.C2HF3O2/c11-7-3-8-10(12-4-7)14-9(13-8)6-1-2-15-5-6;3-2(4,5)1(6)7/h1-5H,(H,12,13,14);(H,6,7). The zero-order valence-electron chi connectivity index (χ0n) is 10.6. The minimum absolute atomic E-state index is 0.749. The number of nitrogens with zero attached hydrogens (tertiary/aromatic N) is 2. The third kappa shape index (κ3) is 4.04. The number of aliphatic carboxylic acids is 1. The van der Waals surface area contributed by atoms with Crippen molar-refractivity contribution in [3.8, 4) is 11.4 Å². The smallest absolute Gasteiger partial charge is 0.475 e. The molecule has 0 unspecified atom stereocenters. The predicted octanol–water partition coefficient (Wildman–Crippen LogP) is 4.08. The van der Waals surface area contributed by atoms with Crippen LogP contribution in [0.3, 0.4) is 0 Å². The molecule has 0 aromatic carbocycles. The molecule has 3 aromatic rings. The maximum absolute atomic E-state index is 10.6. The molecule has 3 rings (SSSR count). The average molecular weight is 394 g/mol. The Labute approximate surface area is 134 Å². The fourth-order valence-corrected chi connectivity index (χ4v) is 2.38. The van der Waals surface area contributed by atoms with Crippen LogP contribution in [-0.2, 0) is 4.79 Å². The zero-order valence-corrected chi connectivity index (χ0v) is 13.0. The number of aromatic nitrogens is 3. The lowest BCUT2D eigenvalue weighted by atomic mass is 10.3. The quantitative estimate of drug-likeness (QED) is 0.652. The van der Waals surface area contributed by atoms with E-state index in [1.807, 2.05) is 17.5 Å². The molecule has 0 bridgehead atoms. The molecule has 0 atom stereocenters. The van der Waals surface area contributed by atoms with Gasteiger partial charge < -0.3 is 10.1 Å². The van der Waals surface area contributed by atoms with Crippen molar-refractivity contribution in [2.24, 2.45) is 0 Å². The van der Waals surface area contributed by atoms with E-state index in [0.29, 0.717) is 0 Å². The van der Waals surface area contributed by atoms with Crippen LogP contribution in [0.5, 0.6) is 0 Å². The van der Waals surface area contributed by atoms with E-state index in [0.717, 1.165) is 27.0 Å². The van der Waals surface area contributed by atoms with E-state index in [4.69, 9.17) is 9.90 Å². The number of carbonyl (C=O) groups is 1. The number of carboxylic acid groups (broad SMARTS) is 1. The molecule has 116 valence electrons. The van der Waals surface area contributed by atoms with Crippen molar-refractivity contribution in [1.29, 1.82) is 0 Å². The number of thiophene rings is 1. The lowest BCUT2D eigenvalue weighted by Crippen LogP contribution is -2.21. The van der Waals surface area contributed by atoms with Crippen LogP contribution in [-0.4, -0.2) is 32.2 Å². The Bertz CT molecular complexity index is 787. The molecule has 0 amide bonds. The van der Waals surface area contributed by atoms with Gasteiger partial charge in [-0.05, 0) is 33.4 Å². The second kappa shape index (κ2) is 6.44. The molecule has 0 aliphatic heterocycles. The van der Waals surface area contributed by atoms with Crippen LogP contribution in [0.4, 0.5) is 13.2 Å². The summed E-state index contributed by atoms with van der Waals surface area (Å²) in [7, 11) is 0. The molecule has 0 aliphatic rings. The summed E-state index contributed by atoms with van der Waals surface area (Å²) in [6, 6.07) is 4.02. The van der Waals surface area contributed by atoms with Crippen molar-refractivity contribution in [2.45, 2.75) is 6.18 Å². The normalized spacial score (nSPS) is 11.1. The summed E-state index contributed by atoms with van der Waals surface area (Å²) in [6.07, 6.45) is -3.33. The average Bonchev–Trinajstić information content (AvgIpc) is 3.06. The lowest BCUT2D eigenvalue weighted by Gasteiger charge is -1.93. The molecule has 10 heteroatoms. The maximum atomic E-state index is 10.6. The van der Waals surface area contributed by atoms with Crippen molar-refractivity contribution < 1.29 is 23.1 Å². The molecule has 0 fully saturated rings. The number of aromatic amines is 1. The van der Waals surface area contributed by atoms with Crippen molar-refractivity contribution in [3.63, 3.8) is 0 Å². The van der Waals surface area contributed by atoms with E-state index < -0.39 is 12.1 Å². The number of pyridine rings is 1. The van der Waals surface area contributed by atoms with E-state index >= 15 is 0 Å². The Kier molecular flexibility index (Phi) is 4.81. The molecule has 0 spiro atoms. The molecule has 2 N–H and O–H groups in total. The van der Waals surface area contributed by atoms with Gasteiger partial charge in [-0.2, -0.15) is 24.5 Å².